The lowest BCUT2D eigenvalue weighted by Crippen LogP contribution is -3.00. The Morgan fingerprint density at radius 2 is 1.27 bits per heavy atom. The predicted molar refractivity (Wildman–Crippen MR) is 147 cm³/mol. The van der Waals surface area contributed by atoms with Crippen molar-refractivity contribution >= 4 is 6.41 Å². The van der Waals surface area contributed by atoms with Gasteiger partial charge in [0.05, 0.1) is 6.61 Å². The maximum atomic E-state index is 11.3. The van der Waals surface area contributed by atoms with Crippen LogP contribution in [0.4, 0.5) is 0 Å². The van der Waals surface area contributed by atoms with Gasteiger partial charge in [-0.2, -0.15) is 0 Å². The molecule has 1 unspecified atom stereocenters. The Morgan fingerprint density at radius 1 is 0.757 bits per heavy atom. The van der Waals surface area contributed by atoms with Crippen LogP contribution in [-0.4, -0.2) is 51.1 Å². The first kappa shape index (κ1) is 35.8. The van der Waals surface area contributed by atoms with E-state index in [1.807, 2.05) is 35.2 Å². The highest BCUT2D eigenvalue weighted by Crippen LogP contribution is 2.13. The van der Waals surface area contributed by atoms with E-state index in [-0.39, 0.29) is 18.5 Å². The van der Waals surface area contributed by atoms with Crippen LogP contribution in [-0.2, 0) is 25.7 Å². The van der Waals surface area contributed by atoms with E-state index in [1.54, 1.807) is 7.11 Å². The van der Waals surface area contributed by atoms with Crippen molar-refractivity contribution in [2.75, 3.05) is 33.5 Å². The van der Waals surface area contributed by atoms with E-state index in [0.717, 1.165) is 13.0 Å². The van der Waals surface area contributed by atoms with Crippen LogP contribution in [0.1, 0.15) is 110 Å². The molecule has 7 heteroatoms. The van der Waals surface area contributed by atoms with Crippen molar-refractivity contribution < 1.29 is 36.1 Å². The average molecular weight is 543 g/mol. The van der Waals surface area contributed by atoms with Crippen LogP contribution in [0.2, 0.25) is 0 Å². The van der Waals surface area contributed by atoms with Crippen LogP contribution in [0, 0.1) is 0 Å². The summed E-state index contributed by atoms with van der Waals surface area (Å²) in [5, 5.41) is 1.32. The van der Waals surface area contributed by atoms with E-state index in [1.165, 1.54) is 101 Å². The summed E-state index contributed by atoms with van der Waals surface area (Å²) in [4.78, 5) is 16.9. The molecule has 0 fully saturated rings. The topological polar surface area (TPSA) is 51.9 Å². The van der Waals surface area contributed by atoms with E-state index >= 15 is 0 Å². The normalized spacial score (nSPS) is 11.7. The minimum absolute atomic E-state index is 0. The van der Waals surface area contributed by atoms with Crippen molar-refractivity contribution in [1.82, 2.24) is 5.06 Å². The average Bonchev–Trinajstić information content (AvgIpc) is 2.91. The molecule has 216 valence electrons. The summed E-state index contributed by atoms with van der Waals surface area (Å²) < 4.78 is 13.2. The number of nitrogens with zero attached hydrogens (tertiary/aromatic N) is 2. The Balaban J connectivity index is 0.0000130. The summed E-state index contributed by atoms with van der Waals surface area (Å²) >= 11 is 0. The minimum Gasteiger partial charge on any atom is -1.00 e. The number of carbonyl (C=O) groups excluding carboxylic acids is 1. The first-order valence-electron chi connectivity index (χ1n) is 14.7. The van der Waals surface area contributed by atoms with Gasteiger partial charge in [-0.05, 0) is 6.42 Å². The number of aromatic nitrogens is 1. The molecule has 0 aliphatic heterocycles. The number of hydrogen-bond acceptors (Lipinski definition) is 4. The molecule has 0 saturated heterocycles. The molecule has 0 aromatic carbocycles. The van der Waals surface area contributed by atoms with Crippen molar-refractivity contribution in [3.63, 3.8) is 0 Å². The lowest BCUT2D eigenvalue weighted by molar-refractivity contribution is -0.697. The fourth-order valence-corrected chi connectivity index (χ4v) is 4.28. The fourth-order valence-electron chi connectivity index (χ4n) is 4.28. The molecule has 0 N–H and O–H groups in total. The van der Waals surface area contributed by atoms with Crippen LogP contribution in [0.15, 0.2) is 30.6 Å². The summed E-state index contributed by atoms with van der Waals surface area (Å²) in [5.74, 6) is 0. The maximum absolute atomic E-state index is 11.3. The van der Waals surface area contributed by atoms with Crippen LogP contribution < -0.4 is 17.0 Å². The van der Waals surface area contributed by atoms with Gasteiger partial charge in [0.15, 0.2) is 18.9 Å². The van der Waals surface area contributed by atoms with Crippen LogP contribution in [0.25, 0.3) is 0 Å². The number of pyridine rings is 1. The molecule has 0 spiro atoms. The molecule has 0 aliphatic rings. The highest BCUT2D eigenvalue weighted by molar-refractivity contribution is 5.44. The molecule has 0 saturated carbocycles. The second-order valence-electron chi connectivity index (χ2n) is 9.89. The van der Waals surface area contributed by atoms with Gasteiger partial charge >= 0.3 is 0 Å². The second kappa shape index (κ2) is 27.8. The highest BCUT2D eigenvalue weighted by atomic mass is 35.5. The monoisotopic (exact) mass is 542 g/mol. The molecule has 0 bridgehead atoms. The minimum atomic E-state index is -0.183. The number of ether oxygens (including phenoxy) is 2. The third-order valence-corrected chi connectivity index (χ3v) is 6.68. The summed E-state index contributed by atoms with van der Waals surface area (Å²) in [5.41, 5.74) is 0. The highest BCUT2D eigenvalue weighted by Gasteiger charge is 2.12. The zero-order valence-corrected chi connectivity index (χ0v) is 24.6. The van der Waals surface area contributed by atoms with Gasteiger partial charge in [0, 0.05) is 25.8 Å². The zero-order valence-electron chi connectivity index (χ0n) is 23.8. The Hall–Kier alpha value is -1.21. The van der Waals surface area contributed by atoms with Gasteiger partial charge in [-0.3, -0.25) is 9.63 Å². The third-order valence-electron chi connectivity index (χ3n) is 6.68. The standard InChI is InChI=1S/C30H55N2O4.ClH/c1-3-4-5-6-7-8-9-10-11-12-13-14-15-16-17-21-26-35-27-30(34-2)28-36-32(29-33)25-24-31-22-19-18-20-23-31;/h18-20,22-23,29-30H,3-17,21,24-28H2,1-2H3;1H/q+1;/p-1. The number of hydroxylamine groups is 2. The van der Waals surface area contributed by atoms with E-state index < -0.39 is 0 Å². The Kier molecular flexibility index (Phi) is 26.9. The van der Waals surface area contributed by atoms with Gasteiger partial charge in [0.25, 0.3) is 0 Å². The van der Waals surface area contributed by atoms with Crippen molar-refractivity contribution in [2.45, 2.75) is 122 Å². The molecule has 1 rings (SSSR count). The number of hydrogen-bond donors (Lipinski definition) is 0. The van der Waals surface area contributed by atoms with Gasteiger partial charge in [-0.15, -0.1) is 0 Å². The number of carbonyl (C=O) groups is 1. The first-order valence-corrected chi connectivity index (χ1v) is 14.7. The number of amides is 1. The summed E-state index contributed by atoms with van der Waals surface area (Å²) in [7, 11) is 1.65. The molecule has 1 amide bonds. The lowest BCUT2D eigenvalue weighted by Gasteiger charge is -2.20. The number of methoxy groups -OCH3 is 1. The quantitative estimate of drug-likeness (QED) is 0.0737. The van der Waals surface area contributed by atoms with Gasteiger partial charge < -0.3 is 21.9 Å². The largest absolute Gasteiger partial charge is 1.00 e. The van der Waals surface area contributed by atoms with Crippen LogP contribution >= 0.6 is 0 Å². The van der Waals surface area contributed by atoms with E-state index in [4.69, 9.17) is 14.3 Å². The molecule has 0 radical (unpaired) electrons. The molecular weight excluding hydrogens is 488 g/mol. The molecule has 1 heterocycles. The van der Waals surface area contributed by atoms with Gasteiger partial charge in [0.1, 0.15) is 19.3 Å². The predicted octanol–water partition coefficient (Wildman–Crippen LogP) is 3.66. The number of unbranched alkanes of at least 4 members (excludes halogenated alkanes) is 15. The Bertz CT molecular complexity index is 594. The second-order valence-corrected chi connectivity index (χ2v) is 9.89. The third kappa shape index (κ3) is 22.5. The molecule has 37 heavy (non-hydrogen) atoms. The summed E-state index contributed by atoms with van der Waals surface area (Å²) in [6.45, 7) is 4.97. The van der Waals surface area contributed by atoms with Gasteiger partial charge in [-0.1, -0.05) is 109 Å². The number of halogens is 1. The smallest absolute Gasteiger partial charge is 0.233 e. The molecule has 0 aliphatic carbocycles. The molecule has 1 atom stereocenters. The molecule has 6 nitrogen and oxygen atoms in total. The Labute approximate surface area is 233 Å². The van der Waals surface area contributed by atoms with E-state index in [0.29, 0.717) is 32.7 Å². The molecule has 1 aromatic rings. The zero-order chi connectivity index (χ0) is 25.9. The SMILES string of the molecule is CCCCCCCCCCCCCCCCCCOCC(CON(C=O)CC[n+]1ccccc1)OC.[Cl-]. The van der Waals surface area contributed by atoms with Crippen molar-refractivity contribution in [1.29, 1.82) is 0 Å². The summed E-state index contributed by atoms with van der Waals surface area (Å²) in [6, 6.07) is 5.89. The van der Waals surface area contributed by atoms with E-state index in [9.17, 15) is 4.79 Å². The van der Waals surface area contributed by atoms with Crippen LogP contribution in [0.3, 0.4) is 0 Å². The van der Waals surface area contributed by atoms with E-state index in [2.05, 4.69) is 6.92 Å². The fraction of sp³-hybridized carbons (Fsp3) is 0.800. The first-order chi connectivity index (χ1) is 17.8. The summed E-state index contributed by atoms with van der Waals surface area (Å²) in [6.07, 6.45) is 26.4. The van der Waals surface area contributed by atoms with Gasteiger partial charge in [0.2, 0.25) is 6.41 Å². The van der Waals surface area contributed by atoms with Crippen molar-refractivity contribution in [2.24, 2.45) is 0 Å². The van der Waals surface area contributed by atoms with Crippen molar-refractivity contribution in [3.8, 4) is 0 Å². The maximum Gasteiger partial charge on any atom is 0.233 e. The van der Waals surface area contributed by atoms with Crippen molar-refractivity contribution in [3.05, 3.63) is 30.6 Å². The van der Waals surface area contributed by atoms with Crippen LogP contribution in [0.5, 0.6) is 0 Å². The Morgan fingerprint density at radius 3 is 1.76 bits per heavy atom. The molecule has 1 aromatic heterocycles. The van der Waals surface area contributed by atoms with Gasteiger partial charge in [-0.25, -0.2) is 9.63 Å². The molecular formula is C30H55ClN2O4. The number of rotatable bonds is 27. The lowest BCUT2D eigenvalue weighted by atomic mass is 10.0.